The van der Waals surface area contributed by atoms with Crippen LogP contribution in [0.1, 0.15) is 41.7 Å². The molecule has 4 rings (SSSR count). The number of hydrogen-bond donors (Lipinski definition) is 3. The van der Waals surface area contributed by atoms with Crippen molar-refractivity contribution in [2.24, 2.45) is 5.92 Å². The minimum absolute atomic E-state index is 0.0176. The van der Waals surface area contributed by atoms with Gasteiger partial charge in [0, 0.05) is 50.9 Å². The van der Waals surface area contributed by atoms with Gasteiger partial charge in [0.25, 0.3) is 5.91 Å². The molecule has 1 aromatic heterocycles. The molecule has 0 aromatic carbocycles. The van der Waals surface area contributed by atoms with Gasteiger partial charge in [-0.1, -0.05) is 0 Å². The van der Waals surface area contributed by atoms with Crippen LogP contribution in [0.2, 0.25) is 0 Å². The van der Waals surface area contributed by atoms with E-state index < -0.39 is 0 Å². The highest BCUT2D eigenvalue weighted by molar-refractivity contribution is 5.93. The van der Waals surface area contributed by atoms with Gasteiger partial charge in [-0.2, -0.15) is 5.26 Å². The fraction of sp³-hybridized carbons (Fsp3) is 0.600. The predicted molar refractivity (Wildman–Crippen MR) is 104 cm³/mol. The van der Waals surface area contributed by atoms with Gasteiger partial charge in [-0.3, -0.25) is 19.3 Å². The summed E-state index contributed by atoms with van der Waals surface area (Å²) in [4.78, 5) is 44.2. The van der Waals surface area contributed by atoms with Crippen LogP contribution in [-0.4, -0.2) is 77.3 Å². The number of aromatic nitrogens is 1. The van der Waals surface area contributed by atoms with E-state index in [0.29, 0.717) is 30.9 Å². The minimum Gasteiger partial charge on any atom is -0.356 e. The SMILES string of the molecule is N#Cc1c[nH]c(C(=O)NC2CCC(C(=O)N3CCN4CCNC(=O)C4C3)CC2)c1. The predicted octanol–water partition coefficient (Wildman–Crippen LogP) is -0.182. The molecular weight excluding hydrogens is 372 g/mol. The quantitative estimate of drug-likeness (QED) is 0.652. The standard InChI is InChI=1S/C20H26N6O3/c21-10-13-9-16(23-11-13)18(27)24-15-3-1-14(2-4-15)20(29)26-8-7-25-6-5-22-19(28)17(25)12-26/h9,11,14-15,17,23H,1-8,12H2,(H,22,28)(H,24,27). The van der Waals surface area contributed by atoms with Gasteiger partial charge in [0.2, 0.25) is 11.8 Å². The van der Waals surface area contributed by atoms with Crippen molar-refractivity contribution in [3.8, 4) is 6.07 Å². The number of rotatable bonds is 3. The van der Waals surface area contributed by atoms with Crippen molar-refractivity contribution < 1.29 is 14.4 Å². The van der Waals surface area contributed by atoms with Crippen LogP contribution in [0.3, 0.4) is 0 Å². The first-order valence-corrected chi connectivity index (χ1v) is 10.2. The van der Waals surface area contributed by atoms with Crippen LogP contribution in [0.25, 0.3) is 0 Å². The number of piperazine rings is 2. The Morgan fingerprint density at radius 1 is 1.17 bits per heavy atom. The molecule has 29 heavy (non-hydrogen) atoms. The summed E-state index contributed by atoms with van der Waals surface area (Å²) in [6.07, 6.45) is 4.47. The van der Waals surface area contributed by atoms with Crippen LogP contribution >= 0.6 is 0 Å². The maximum absolute atomic E-state index is 13.0. The van der Waals surface area contributed by atoms with E-state index in [1.54, 1.807) is 0 Å². The zero-order valence-electron chi connectivity index (χ0n) is 16.3. The number of aromatic amines is 1. The largest absolute Gasteiger partial charge is 0.356 e. The van der Waals surface area contributed by atoms with Crippen molar-refractivity contribution in [2.75, 3.05) is 32.7 Å². The summed E-state index contributed by atoms with van der Waals surface area (Å²) < 4.78 is 0. The molecule has 2 aliphatic heterocycles. The van der Waals surface area contributed by atoms with Gasteiger partial charge < -0.3 is 20.5 Å². The lowest BCUT2D eigenvalue weighted by Crippen LogP contribution is -2.65. The lowest BCUT2D eigenvalue weighted by atomic mass is 9.84. The van der Waals surface area contributed by atoms with E-state index in [9.17, 15) is 14.4 Å². The summed E-state index contributed by atoms with van der Waals surface area (Å²) in [7, 11) is 0. The third-order valence-corrected chi connectivity index (χ3v) is 6.27. The second kappa shape index (κ2) is 8.25. The lowest BCUT2D eigenvalue weighted by molar-refractivity contribution is -0.143. The van der Waals surface area contributed by atoms with Crippen molar-refractivity contribution >= 4 is 17.7 Å². The topological polar surface area (TPSA) is 121 Å². The minimum atomic E-state index is -0.226. The number of nitrogens with zero attached hydrogens (tertiary/aromatic N) is 3. The van der Waals surface area contributed by atoms with Crippen LogP contribution < -0.4 is 10.6 Å². The Morgan fingerprint density at radius 3 is 2.69 bits per heavy atom. The number of nitriles is 1. The van der Waals surface area contributed by atoms with E-state index in [1.165, 1.54) is 12.3 Å². The van der Waals surface area contributed by atoms with E-state index in [-0.39, 0.29) is 35.7 Å². The molecule has 3 heterocycles. The molecular formula is C20H26N6O3. The molecule has 3 aliphatic rings. The molecule has 1 unspecified atom stereocenters. The lowest BCUT2D eigenvalue weighted by Gasteiger charge is -2.44. The number of carbonyl (C=O) groups is 3. The highest BCUT2D eigenvalue weighted by Crippen LogP contribution is 2.27. The fourth-order valence-corrected chi connectivity index (χ4v) is 4.57. The van der Waals surface area contributed by atoms with Gasteiger partial charge in [-0.05, 0) is 31.7 Å². The summed E-state index contributed by atoms with van der Waals surface area (Å²) in [5.41, 5.74) is 0.805. The van der Waals surface area contributed by atoms with Gasteiger partial charge in [0.15, 0.2) is 0 Å². The molecule has 1 aliphatic carbocycles. The number of nitrogens with one attached hydrogen (secondary N) is 3. The van der Waals surface area contributed by atoms with Crippen LogP contribution in [0.4, 0.5) is 0 Å². The highest BCUT2D eigenvalue weighted by atomic mass is 16.2. The molecule has 1 saturated carbocycles. The van der Waals surface area contributed by atoms with E-state index in [2.05, 4.69) is 20.5 Å². The first kappa shape index (κ1) is 19.5. The van der Waals surface area contributed by atoms with E-state index in [4.69, 9.17) is 5.26 Å². The molecule has 2 saturated heterocycles. The molecule has 0 spiro atoms. The van der Waals surface area contributed by atoms with Crippen molar-refractivity contribution in [1.82, 2.24) is 25.4 Å². The van der Waals surface area contributed by atoms with Gasteiger partial charge in [0.1, 0.15) is 17.8 Å². The molecule has 3 amide bonds. The number of hydrogen-bond acceptors (Lipinski definition) is 5. The Morgan fingerprint density at radius 2 is 1.97 bits per heavy atom. The van der Waals surface area contributed by atoms with Gasteiger partial charge in [0.05, 0.1) is 5.56 Å². The molecule has 9 nitrogen and oxygen atoms in total. The average molecular weight is 398 g/mol. The Hall–Kier alpha value is -2.86. The molecule has 9 heteroatoms. The smallest absolute Gasteiger partial charge is 0.267 e. The van der Waals surface area contributed by atoms with E-state index in [1.807, 2.05) is 11.0 Å². The highest BCUT2D eigenvalue weighted by Gasteiger charge is 2.38. The normalized spacial score (nSPS) is 27.5. The van der Waals surface area contributed by atoms with Crippen LogP contribution in [0.15, 0.2) is 12.3 Å². The van der Waals surface area contributed by atoms with Crippen molar-refractivity contribution in [3.05, 3.63) is 23.5 Å². The number of amides is 3. The number of carbonyl (C=O) groups excluding carboxylic acids is 3. The summed E-state index contributed by atoms with van der Waals surface area (Å²) in [6.45, 7) is 3.41. The molecule has 0 radical (unpaired) electrons. The molecule has 154 valence electrons. The first-order chi connectivity index (χ1) is 14.0. The van der Waals surface area contributed by atoms with Crippen LogP contribution in [0.5, 0.6) is 0 Å². The van der Waals surface area contributed by atoms with Gasteiger partial charge in [-0.15, -0.1) is 0 Å². The summed E-state index contributed by atoms with van der Waals surface area (Å²) in [5.74, 6) is -0.113. The fourth-order valence-electron chi connectivity index (χ4n) is 4.57. The van der Waals surface area contributed by atoms with Crippen LogP contribution in [-0.2, 0) is 9.59 Å². The molecule has 1 aromatic rings. The van der Waals surface area contributed by atoms with E-state index in [0.717, 1.165) is 38.8 Å². The Bertz CT molecular complexity index is 836. The second-order valence-corrected chi connectivity index (χ2v) is 8.06. The first-order valence-electron chi connectivity index (χ1n) is 10.2. The van der Waals surface area contributed by atoms with Crippen molar-refractivity contribution in [2.45, 2.75) is 37.8 Å². The maximum atomic E-state index is 13.0. The monoisotopic (exact) mass is 398 g/mol. The third kappa shape index (κ3) is 4.12. The second-order valence-electron chi connectivity index (χ2n) is 8.06. The zero-order chi connectivity index (χ0) is 20.4. The molecule has 1 atom stereocenters. The zero-order valence-corrected chi connectivity index (χ0v) is 16.3. The molecule has 3 fully saturated rings. The Labute approximate surface area is 169 Å². The third-order valence-electron chi connectivity index (χ3n) is 6.27. The summed E-state index contributed by atoms with van der Waals surface area (Å²) in [5, 5.41) is 14.7. The van der Waals surface area contributed by atoms with Crippen molar-refractivity contribution in [3.63, 3.8) is 0 Å². The number of fused-ring (bicyclic) bond motifs is 1. The molecule has 3 N–H and O–H groups in total. The van der Waals surface area contributed by atoms with Crippen LogP contribution in [0, 0.1) is 17.2 Å². The Kier molecular flexibility index (Phi) is 5.53. The van der Waals surface area contributed by atoms with Gasteiger partial charge >= 0.3 is 0 Å². The maximum Gasteiger partial charge on any atom is 0.267 e. The summed E-state index contributed by atoms with van der Waals surface area (Å²) >= 11 is 0. The van der Waals surface area contributed by atoms with Crippen molar-refractivity contribution in [1.29, 1.82) is 5.26 Å². The van der Waals surface area contributed by atoms with E-state index >= 15 is 0 Å². The molecule has 0 bridgehead atoms. The Balaban J connectivity index is 1.27. The summed E-state index contributed by atoms with van der Waals surface area (Å²) in [6, 6.07) is 3.33. The number of H-pyrrole nitrogens is 1. The average Bonchev–Trinajstić information content (AvgIpc) is 3.23. The van der Waals surface area contributed by atoms with Gasteiger partial charge in [-0.25, -0.2) is 0 Å².